The van der Waals surface area contributed by atoms with Gasteiger partial charge in [-0.05, 0) is 56.9 Å². The van der Waals surface area contributed by atoms with Crippen molar-refractivity contribution in [2.45, 2.75) is 57.7 Å². The van der Waals surface area contributed by atoms with Crippen molar-refractivity contribution >= 4 is 17.3 Å². The predicted molar refractivity (Wildman–Crippen MR) is 116 cm³/mol. The van der Waals surface area contributed by atoms with Crippen LogP contribution in [0.4, 0.5) is 30.5 Å². The molecule has 0 bridgehead atoms. The van der Waals surface area contributed by atoms with Gasteiger partial charge in [0.15, 0.2) is 0 Å². The summed E-state index contributed by atoms with van der Waals surface area (Å²) in [6.07, 6.45) is 1.80. The van der Waals surface area contributed by atoms with Gasteiger partial charge in [0.25, 0.3) is 5.88 Å². The lowest BCUT2D eigenvalue weighted by molar-refractivity contribution is -0.0501. The number of morpholine rings is 1. The van der Waals surface area contributed by atoms with Crippen LogP contribution < -0.4 is 15.0 Å². The maximum atomic E-state index is 14.1. The van der Waals surface area contributed by atoms with Crippen molar-refractivity contribution in [2.75, 3.05) is 29.9 Å². The summed E-state index contributed by atoms with van der Waals surface area (Å²) in [6, 6.07) is 7.84. The number of nitrogens with one attached hydrogen (secondary N) is 1. The minimum atomic E-state index is -2.60. The molecule has 2 atom stereocenters. The average Bonchev–Trinajstić information content (AvgIpc) is 2.75. The third-order valence-corrected chi connectivity index (χ3v) is 5.91. The molecule has 174 valence electrons. The zero-order chi connectivity index (χ0) is 22.7. The third kappa shape index (κ3) is 5.82. The van der Waals surface area contributed by atoms with Gasteiger partial charge in [0.2, 0.25) is 17.7 Å². The maximum absolute atomic E-state index is 14.1. The van der Waals surface area contributed by atoms with Crippen molar-refractivity contribution in [3.05, 3.63) is 36.3 Å². The smallest absolute Gasteiger partial charge is 0.255 e. The van der Waals surface area contributed by atoms with Gasteiger partial charge in [0.05, 0.1) is 25.0 Å². The Balaban J connectivity index is 1.35. The molecule has 4 rings (SSSR count). The monoisotopic (exact) mass is 450 g/mol. The van der Waals surface area contributed by atoms with Crippen LogP contribution in [0.2, 0.25) is 0 Å². The zero-order valence-electron chi connectivity index (χ0n) is 18.4. The lowest BCUT2D eigenvalue weighted by Crippen LogP contribution is -2.45. The minimum Gasteiger partial charge on any atom is -0.475 e. The molecule has 0 amide bonds. The summed E-state index contributed by atoms with van der Waals surface area (Å²) in [6.45, 7) is 5.95. The highest BCUT2D eigenvalue weighted by molar-refractivity contribution is 5.59. The number of rotatable bonds is 6. The molecule has 0 unspecified atom stereocenters. The number of benzene rings is 1. The van der Waals surface area contributed by atoms with Crippen molar-refractivity contribution in [3.63, 3.8) is 0 Å². The molecule has 1 aliphatic heterocycles. The second-order valence-electron chi connectivity index (χ2n) is 8.79. The standard InChI is InChI=1S/C23H29F3N4O2/c1-15-12-30(13-16(2)32-15)19-5-3-18(4-6-19)28-22-27-11-20(24)21(29-22)31-14-17-7-9-23(25,26)10-8-17/h3-6,11,15-17H,7-10,12-14H2,1-2H3,(H,27,28,29)/t15-,16+. The van der Waals surface area contributed by atoms with Gasteiger partial charge < -0.3 is 19.7 Å². The number of anilines is 3. The molecule has 0 spiro atoms. The molecule has 1 saturated carbocycles. The van der Waals surface area contributed by atoms with Crippen LogP contribution in [0.25, 0.3) is 0 Å². The second kappa shape index (κ2) is 9.52. The maximum Gasteiger partial charge on any atom is 0.255 e. The van der Waals surface area contributed by atoms with E-state index in [1.165, 1.54) is 0 Å². The Morgan fingerprint density at radius 1 is 1.12 bits per heavy atom. The normalized spacial score (nSPS) is 23.7. The predicted octanol–water partition coefficient (Wildman–Crippen LogP) is 5.18. The summed E-state index contributed by atoms with van der Waals surface area (Å²) >= 11 is 0. The molecule has 1 aromatic carbocycles. The molecule has 0 radical (unpaired) electrons. The van der Waals surface area contributed by atoms with Crippen molar-refractivity contribution in [1.82, 2.24) is 9.97 Å². The number of halogens is 3. The highest BCUT2D eigenvalue weighted by Gasteiger charge is 2.35. The average molecular weight is 451 g/mol. The van der Waals surface area contributed by atoms with Gasteiger partial charge in [0.1, 0.15) is 0 Å². The molecule has 2 fully saturated rings. The van der Waals surface area contributed by atoms with Crippen LogP contribution >= 0.6 is 0 Å². The first-order chi connectivity index (χ1) is 15.3. The highest BCUT2D eigenvalue weighted by Crippen LogP contribution is 2.36. The van der Waals surface area contributed by atoms with E-state index < -0.39 is 11.7 Å². The molecule has 2 aliphatic rings. The molecular weight excluding hydrogens is 421 g/mol. The molecule has 1 N–H and O–H groups in total. The Morgan fingerprint density at radius 3 is 2.44 bits per heavy atom. The molecule has 6 nitrogen and oxygen atoms in total. The molecule has 1 saturated heterocycles. The first-order valence-electron chi connectivity index (χ1n) is 11.1. The van der Waals surface area contributed by atoms with Gasteiger partial charge in [-0.2, -0.15) is 9.37 Å². The molecule has 32 heavy (non-hydrogen) atoms. The van der Waals surface area contributed by atoms with E-state index in [1.807, 2.05) is 24.3 Å². The van der Waals surface area contributed by atoms with Crippen molar-refractivity contribution in [2.24, 2.45) is 5.92 Å². The number of nitrogens with zero attached hydrogens (tertiary/aromatic N) is 3. The summed E-state index contributed by atoms with van der Waals surface area (Å²) in [5.74, 6) is -3.27. The van der Waals surface area contributed by atoms with Crippen LogP contribution in [0.5, 0.6) is 5.88 Å². The summed E-state index contributed by atoms with van der Waals surface area (Å²) in [7, 11) is 0. The Hall–Kier alpha value is -2.55. The fourth-order valence-corrected chi connectivity index (χ4v) is 4.25. The van der Waals surface area contributed by atoms with Crippen LogP contribution in [0.3, 0.4) is 0 Å². The van der Waals surface area contributed by atoms with Gasteiger partial charge in [-0.1, -0.05) is 0 Å². The zero-order valence-corrected chi connectivity index (χ0v) is 18.4. The molecule has 2 heterocycles. The summed E-state index contributed by atoms with van der Waals surface area (Å²) < 4.78 is 52.0. The van der Waals surface area contributed by atoms with Crippen molar-refractivity contribution < 1.29 is 22.6 Å². The van der Waals surface area contributed by atoms with Crippen molar-refractivity contribution in [3.8, 4) is 5.88 Å². The van der Waals surface area contributed by atoms with Gasteiger partial charge in [-0.15, -0.1) is 0 Å². The summed E-state index contributed by atoms with van der Waals surface area (Å²) in [4.78, 5) is 10.4. The highest BCUT2D eigenvalue weighted by atomic mass is 19.3. The largest absolute Gasteiger partial charge is 0.475 e. The SMILES string of the molecule is C[C@@H]1CN(c2ccc(Nc3ncc(F)c(OCC4CCC(F)(F)CC4)n3)cc2)C[C@H](C)O1. The molecule has 9 heteroatoms. The van der Waals surface area contributed by atoms with Gasteiger partial charge in [-0.3, -0.25) is 0 Å². The van der Waals surface area contributed by atoms with Crippen LogP contribution in [0.15, 0.2) is 30.5 Å². The van der Waals surface area contributed by atoms with E-state index >= 15 is 0 Å². The Bertz CT molecular complexity index is 893. The quantitative estimate of drug-likeness (QED) is 0.655. The lowest BCUT2D eigenvalue weighted by atomic mass is 9.87. The summed E-state index contributed by atoms with van der Waals surface area (Å²) in [5, 5.41) is 3.06. The van der Waals surface area contributed by atoms with E-state index in [4.69, 9.17) is 9.47 Å². The van der Waals surface area contributed by atoms with Gasteiger partial charge in [-0.25, -0.2) is 13.8 Å². The first-order valence-corrected chi connectivity index (χ1v) is 11.1. The third-order valence-electron chi connectivity index (χ3n) is 5.91. The number of aromatic nitrogens is 2. The first kappa shape index (κ1) is 22.6. The molecule has 1 aliphatic carbocycles. The van der Waals surface area contributed by atoms with E-state index in [0.29, 0.717) is 12.8 Å². The lowest BCUT2D eigenvalue weighted by Gasteiger charge is -2.36. The van der Waals surface area contributed by atoms with E-state index in [-0.39, 0.29) is 49.4 Å². The van der Waals surface area contributed by atoms with E-state index in [1.54, 1.807) is 0 Å². The van der Waals surface area contributed by atoms with E-state index in [9.17, 15) is 13.2 Å². The van der Waals surface area contributed by atoms with Crippen LogP contribution in [0, 0.1) is 11.7 Å². The Morgan fingerprint density at radius 2 is 1.78 bits per heavy atom. The number of hydrogen-bond donors (Lipinski definition) is 1. The van der Waals surface area contributed by atoms with E-state index in [0.717, 1.165) is 30.7 Å². The fraction of sp³-hybridized carbons (Fsp3) is 0.565. The number of alkyl halides is 2. The van der Waals surface area contributed by atoms with Crippen LogP contribution in [0.1, 0.15) is 39.5 Å². The summed E-state index contributed by atoms with van der Waals surface area (Å²) in [5.41, 5.74) is 1.86. The number of ether oxygens (including phenoxy) is 2. The van der Waals surface area contributed by atoms with Crippen LogP contribution in [-0.4, -0.2) is 47.8 Å². The van der Waals surface area contributed by atoms with Gasteiger partial charge in [0, 0.05) is 37.3 Å². The Labute approximate surface area is 186 Å². The van der Waals surface area contributed by atoms with Gasteiger partial charge >= 0.3 is 0 Å². The van der Waals surface area contributed by atoms with Crippen LogP contribution in [-0.2, 0) is 4.74 Å². The second-order valence-corrected chi connectivity index (χ2v) is 8.79. The van der Waals surface area contributed by atoms with Crippen molar-refractivity contribution in [1.29, 1.82) is 0 Å². The number of hydrogen-bond acceptors (Lipinski definition) is 6. The molecule has 1 aromatic heterocycles. The van der Waals surface area contributed by atoms with E-state index in [2.05, 4.69) is 34.0 Å². The molecule has 2 aromatic rings. The fourth-order valence-electron chi connectivity index (χ4n) is 4.25. The Kier molecular flexibility index (Phi) is 6.74. The minimum absolute atomic E-state index is 0.0291. The topological polar surface area (TPSA) is 59.5 Å². The molecular formula is C23H29F3N4O2.